The number of nitrogens with zero attached hydrogens (tertiary/aromatic N) is 3. The third kappa shape index (κ3) is 3.33. The van der Waals surface area contributed by atoms with Gasteiger partial charge in [0.15, 0.2) is 0 Å². The van der Waals surface area contributed by atoms with Gasteiger partial charge >= 0.3 is 0 Å². The molecule has 2 saturated heterocycles. The van der Waals surface area contributed by atoms with Crippen LogP contribution in [0.25, 0.3) is 0 Å². The quantitative estimate of drug-likeness (QED) is 0.858. The van der Waals surface area contributed by atoms with Gasteiger partial charge < -0.3 is 9.42 Å². The Kier molecular flexibility index (Phi) is 4.57. The van der Waals surface area contributed by atoms with Gasteiger partial charge in [-0.05, 0) is 44.7 Å². The Morgan fingerprint density at radius 2 is 1.92 bits per heavy atom. The third-order valence-corrected chi connectivity index (χ3v) is 5.49. The number of aromatic nitrogens is 1. The summed E-state index contributed by atoms with van der Waals surface area (Å²) >= 11 is 0. The van der Waals surface area contributed by atoms with Gasteiger partial charge in [-0.25, -0.2) is 0 Å². The van der Waals surface area contributed by atoms with Gasteiger partial charge in [0.1, 0.15) is 0 Å². The molecule has 2 aliphatic heterocycles. The van der Waals surface area contributed by atoms with E-state index in [1.165, 1.54) is 12.0 Å². The van der Waals surface area contributed by atoms with Gasteiger partial charge in [-0.15, -0.1) is 0 Å². The predicted molar refractivity (Wildman–Crippen MR) is 95.2 cm³/mol. The molecule has 0 spiro atoms. The Balaban J connectivity index is 1.50. The molecule has 2 fully saturated rings. The highest BCUT2D eigenvalue weighted by atomic mass is 16.5. The maximum absolute atomic E-state index is 12.9. The van der Waals surface area contributed by atoms with Gasteiger partial charge in [0.2, 0.25) is 5.76 Å². The van der Waals surface area contributed by atoms with E-state index in [9.17, 15) is 4.79 Å². The van der Waals surface area contributed by atoms with E-state index in [1.54, 1.807) is 6.07 Å². The summed E-state index contributed by atoms with van der Waals surface area (Å²) in [5.41, 5.74) is 2.10. The fourth-order valence-electron chi connectivity index (χ4n) is 4.35. The summed E-state index contributed by atoms with van der Waals surface area (Å²) in [7, 11) is 0. The Morgan fingerprint density at radius 3 is 2.68 bits per heavy atom. The molecule has 5 heteroatoms. The summed E-state index contributed by atoms with van der Waals surface area (Å²) in [6, 6.07) is 13.1. The van der Waals surface area contributed by atoms with Crippen molar-refractivity contribution in [2.24, 2.45) is 0 Å². The Hall–Kier alpha value is -2.14. The Labute approximate surface area is 148 Å². The van der Waals surface area contributed by atoms with E-state index in [2.05, 4.69) is 40.4 Å². The van der Waals surface area contributed by atoms with Gasteiger partial charge in [-0.2, -0.15) is 0 Å². The van der Waals surface area contributed by atoms with E-state index in [-0.39, 0.29) is 11.9 Å². The van der Waals surface area contributed by atoms with Crippen LogP contribution in [0.1, 0.15) is 47.5 Å². The van der Waals surface area contributed by atoms with Gasteiger partial charge in [0.25, 0.3) is 5.91 Å². The lowest BCUT2D eigenvalue weighted by atomic mass is 10.0. The van der Waals surface area contributed by atoms with Crippen molar-refractivity contribution in [3.05, 3.63) is 53.4 Å². The zero-order valence-electron chi connectivity index (χ0n) is 14.7. The molecule has 0 bridgehead atoms. The normalized spacial score (nSPS) is 24.1. The van der Waals surface area contributed by atoms with Crippen molar-refractivity contribution in [1.29, 1.82) is 0 Å². The van der Waals surface area contributed by atoms with Gasteiger partial charge in [0, 0.05) is 31.2 Å². The first-order chi connectivity index (χ1) is 12.2. The van der Waals surface area contributed by atoms with E-state index < -0.39 is 0 Å². The molecule has 0 saturated carbocycles. The van der Waals surface area contributed by atoms with E-state index in [0.29, 0.717) is 11.8 Å². The van der Waals surface area contributed by atoms with Crippen LogP contribution in [-0.4, -0.2) is 46.0 Å². The minimum absolute atomic E-state index is 0.00494. The molecular weight excluding hydrogens is 314 g/mol. The molecular formula is C20H25N3O2. The van der Waals surface area contributed by atoms with Gasteiger partial charge in [0.05, 0.1) is 5.69 Å². The second kappa shape index (κ2) is 7.00. The van der Waals surface area contributed by atoms with Crippen LogP contribution in [0.3, 0.4) is 0 Å². The summed E-state index contributed by atoms with van der Waals surface area (Å²) in [5.74, 6) is 0.367. The molecule has 1 aromatic heterocycles. The summed E-state index contributed by atoms with van der Waals surface area (Å²) in [6.07, 6.45) is 4.52. The summed E-state index contributed by atoms with van der Waals surface area (Å²) in [5, 5.41) is 3.87. The van der Waals surface area contributed by atoms with Crippen LogP contribution in [-0.2, 0) is 6.54 Å². The largest absolute Gasteiger partial charge is 0.351 e. The molecule has 5 nitrogen and oxygen atoms in total. The highest BCUT2D eigenvalue weighted by molar-refractivity contribution is 5.92. The number of aryl methyl sites for hydroxylation is 1. The van der Waals surface area contributed by atoms with Crippen LogP contribution >= 0.6 is 0 Å². The number of hydrogen-bond donors (Lipinski definition) is 0. The molecule has 2 unspecified atom stereocenters. The van der Waals surface area contributed by atoms with Crippen molar-refractivity contribution in [3.63, 3.8) is 0 Å². The zero-order chi connectivity index (χ0) is 17.2. The molecule has 0 aliphatic carbocycles. The summed E-state index contributed by atoms with van der Waals surface area (Å²) < 4.78 is 5.22. The molecule has 2 atom stereocenters. The minimum Gasteiger partial charge on any atom is -0.351 e. The van der Waals surface area contributed by atoms with Gasteiger partial charge in [-0.1, -0.05) is 35.5 Å². The van der Waals surface area contributed by atoms with Crippen molar-refractivity contribution < 1.29 is 9.32 Å². The molecule has 0 radical (unpaired) electrons. The number of hydrogen-bond acceptors (Lipinski definition) is 4. The minimum atomic E-state index is -0.00494. The molecule has 25 heavy (non-hydrogen) atoms. The number of amides is 1. The predicted octanol–water partition coefficient (Wildman–Crippen LogP) is 3.25. The van der Waals surface area contributed by atoms with Crippen LogP contribution < -0.4 is 0 Å². The van der Waals surface area contributed by atoms with Crippen LogP contribution in [0, 0.1) is 6.92 Å². The second-order valence-corrected chi connectivity index (χ2v) is 7.21. The highest BCUT2D eigenvalue weighted by Crippen LogP contribution is 2.32. The standard InChI is InChI=1S/C20H25N3O2/c1-15-13-19(25-21-15)20(24)23-12-6-10-18(23)17-9-5-11-22(17)14-16-7-3-2-4-8-16/h2-4,7-8,13,17-18H,5-6,9-12,14H2,1H3. The molecule has 2 aliphatic rings. The van der Waals surface area contributed by atoms with Crippen LogP contribution in [0.5, 0.6) is 0 Å². The van der Waals surface area contributed by atoms with Crippen molar-refractivity contribution in [2.45, 2.75) is 51.2 Å². The molecule has 2 aromatic rings. The van der Waals surface area contributed by atoms with Crippen molar-refractivity contribution in [1.82, 2.24) is 15.0 Å². The Morgan fingerprint density at radius 1 is 1.16 bits per heavy atom. The lowest BCUT2D eigenvalue weighted by Gasteiger charge is -2.34. The number of carbonyl (C=O) groups is 1. The monoisotopic (exact) mass is 339 g/mol. The lowest BCUT2D eigenvalue weighted by molar-refractivity contribution is 0.0599. The maximum Gasteiger partial charge on any atom is 0.292 e. The molecule has 132 valence electrons. The number of likely N-dealkylation sites (tertiary alicyclic amines) is 2. The van der Waals surface area contributed by atoms with Crippen molar-refractivity contribution >= 4 is 5.91 Å². The average Bonchev–Trinajstić information content (AvgIpc) is 3.35. The fourth-order valence-corrected chi connectivity index (χ4v) is 4.35. The first-order valence-electron chi connectivity index (χ1n) is 9.24. The molecule has 0 N–H and O–H groups in total. The third-order valence-electron chi connectivity index (χ3n) is 5.49. The van der Waals surface area contributed by atoms with Crippen LogP contribution in [0.15, 0.2) is 40.9 Å². The molecule has 1 aromatic carbocycles. The van der Waals surface area contributed by atoms with Crippen LogP contribution in [0.2, 0.25) is 0 Å². The van der Waals surface area contributed by atoms with Crippen molar-refractivity contribution in [2.75, 3.05) is 13.1 Å². The number of rotatable bonds is 4. The number of carbonyl (C=O) groups excluding carboxylic acids is 1. The SMILES string of the molecule is Cc1cc(C(=O)N2CCCC2C2CCCN2Cc2ccccc2)on1. The highest BCUT2D eigenvalue weighted by Gasteiger charge is 2.40. The average molecular weight is 339 g/mol. The topological polar surface area (TPSA) is 49.6 Å². The van der Waals surface area contributed by atoms with E-state index in [1.807, 2.05) is 11.8 Å². The van der Waals surface area contributed by atoms with E-state index in [4.69, 9.17) is 4.52 Å². The lowest BCUT2D eigenvalue weighted by Crippen LogP contribution is -2.48. The first-order valence-corrected chi connectivity index (χ1v) is 9.24. The molecule has 1 amide bonds. The van der Waals surface area contributed by atoms with Crippen molar-refractivity contribution in [3.8, 4) is 0 Å². The molecule has 4 rings (SSSR count). The first kappa shape index (κ1) is 16.3. The maximum atomic E-state index is 12.9. The molecule has 3 heterocycles. The smallest absolute Gasteiger partial charge is 0.292 e. The summed E-state index contributed by atoms with van der Waals surface area (Å²) in [4.78, 5) is 17.4. The second-order valence-electron chi connectivity index (χ2n) is 7.21. The Bertz CT molecular complexity index is 728. The van der Waals surface area contributed by atoms with E-state index >= 15 is 0 Å². The zero-order valence-corrected chi connectivity index (χ0v) is 14.7. The fraction of sp³-hybridized carbons (Fsp3) is 0.500. The number of benzene rings is 1. The summed E-state index contributed by atoms with van der Waals surface area (Å²) in [6.45, 7) is 4.74. The van der Waals surface area contributed by atoms with Gasteiger partial charge in [-0.3, -0.25) is 9.69 Å². The van der Waals surface area contributed by atoms with Crippen LogP contribution in [0.4, 0.5) is 0 Å². The van der Waals surface area contributed by atoms with E-state index in [0.717, 1.165) is 44.6 Å².